The highest BCUT2D eigenvalue weighted by Gasteiger charge is 2.28. The molecule has 0 saturated heterocycles. The summed E-state index contributed by atoms with van der Waals surface area (Å²) < 4.78 is 6.04. The maximum Gasteiger partial charge on any atom is 0.211 e. The summed E-state index contributed by atoms with van der Waals surface area (Å²) in [6, 6.07) is 2.05. The van der Waals surface area contributed by atoms with Crippen LogP contribution in [0.1, 0.15) is 86.3 Å². The summed E-state index contributed by atoms with van der Waals surface area (Å²) in [6.07, 6.45) is 11.8. The third kappa shape index (κ3) is 8.21. The van der Waals surface area contributed by atoms with Gasteiger partial charge in [-0.05, 0) is 69.2 Å². The van der Waals surface area contributed by atoms with Gasteiger partial charge in [-0.3, -0.25) is 14.8 Å². The van der Waals surface area contributed by atoms with Crippen LogP contribution < -0.4 is 5.32 Å². The van der Waals surface area contributed by atoms with Gasteiger partial charge in [-0.25, -0.2) is 9.97 Å². The van der Waals surface area contributed by atoms with Gasteiger partial charge >= 0.3 is 0 Å². The van der Waals surface area contributed by atoms with Gasteiger partial charge in [-0.1, -0.05) is 38.1 Å². The van der Waals surface area contributed by atoms with Gasteiger partial charge in [-0.15, -0.1) is 0 Å². The molecule has 0 aromatic carbocycles. The number of carbonyl (C=O) groups excluding carboxylic acids is 1. The number of nitrogens with one attached hydrogen (secondary N) is 1. The Bertz CT molecular complexity index is 1320. The molecule has 1 N–H and O–H groups in total. The Morgan fingerprint density at radius 1 is 1.24 bits per heavy atom. The second kappa shape index (κ2) is 13.3. The molecule has 2 heterocycles. The van der Waals surface area contributed by atoms with E-state index in [2.05, 4.69) is 46.8 Å². The average molecular weight is 534 g/mol. The number of nitrogens with zero attached hydrogens (tertiary/aromatic N) is 4. The van der Waals surface area contributed by atoms with Crippen molar-refractivity contribution in [2.45, 2.75) is 72.8 Å². The molecule has 2 aromatic heterocycles. The van der Waals surface area contributed by atoms with Gasteiger partial charge in [0.25, 0.3) is 0 Å². The zero-order chi connectivity index (χ0) is 27.8. The van der Waals surface area contributed by atoms with Crippen molar-refractivity contribution in [3.05, 3.63) is 93.2 Å². The molecule has 0 bridgehead atoms. The highest BCUT2D eigenvalue weighted by Crippen LogP contribution is 2.42. The summed E-state index contributed by atoms with van der Waals surface area (Å²) in [5.41, 5.74) is 6.80. The SMILES string of the molecule is C=C(N=C/C(C)=C/C(Cl)=C(\C=C(\C)NC=O)OCc1ncc(C)cc1C)c1nc(C(C)C)ncc1C1CC1. The summed E-state index contributed by atoms with van der Waals surface area (Å²) in [5.74, 6) is 1.88. The summed E-state index contributed by atoms with van der Waals surface area (Å²) in [7, 11) is 0. The minimum atomic E-state index is 0.215. The molecular weight excluding hydrogens is 498 g/mol. The minimum Gasteiger partial charge on any atom is -0.486 e. The van der Waals surface area contributed by atoms with E-state index in [1.165, 1.54) is 0 Å². The van der Waals surface area contributed by atoms with Gasteiger partial charge in [-0.2, -0.15) is 0 Å². The smallest absolute Gasteiger partial charge is 0.211 e. The zero-order valence-corrected chi connectivity index (χ0v) is 23.8. The van der Waals surface area contributed by atoms with Crippen molar-refractivity contribution in [3.63, 3.8) is 0 Å². The number of aliphatic imine (C=N–C) groups is 1. The van der Waals surface area contributed by atoms with Crippen LogP contribution in [0.5, 0.6) is 0 Å². The lowest BCUT2D eigenvalue weighted by molar-refractivity contribution is -0.108. The fourth-order valence-electron chi connectivity index (χ4n) is 3.71. The van der Waals surface area contributed by atoms with Crippen LogP contribution >= 0.6 is 11.6 Å². The lowest BCUT2D eigenvalue weighted by atomic mass is 10.1. The first kappa shape index (κ1) is 29.0. The molecule has 3 rings (SSSR count). The van der Waals surface area contributed by atoms with Crippen molar-refractivity contribution < 1.29 is 9.53 Å². The first-order valence-electron chi connectivity index (χ1n) is 12.7. The van der Waals surface area contributed by atoms with Gasteiger partial charge < -0.3 is 10.1 Å². The van der Waals surface area contributed by atoms with Crippen LogP contribution in [0.3, 0.4) is 0 Å². The van der Waals surface area contributed by atoms with Crippen molar-refractivity contribution >= 4 is 29.9 Å². The average Bonchev–Trinajstić information content (AvgIpc) is 3.71. The second-order valence-electron chi connectivity index (χ2n) is 9.92. The monoisotopic (exact) mass is 533 g/mol. The van der Waals surface area contributed by atoms with Gasteiger partial charge in [0.15, 0.2) is 0 Å². The topological polar surface area (TPSA) is 89.4 Å². The van der Waals surface area contributed by atoms with Crippen molar-refractivity contribution in [2.24, 2.45) is 4.99 Å². The van der Waals surface area contributed by atoms with E-state index in [1.807, 2.05) is 27.0 Å². The van der Waals surface area contributed by atoms with Gasteiger partial charge in [0.1, 0.15) is 18.2 Å². The van der Waals surface area contributed by atoms with Crippen molar-refractivity contribution in [3.8, 4) is 0 Å². The van der Waals surface area contributed by atoms with E-state index >= 15 is 0 Å². The summed E-state index contributed by atoms with van der Waals surface area (Å²) in [4.78, 5) is 29.3. The zero-order valence-electron chi connectivity index (χ0n) is 23.0. The largest absolute Gasteiger partial charge is 0.486 e. The van der Waals surface area contributed by atoms with Crippen LogP contribution in [0, 0.1) is 13.8 Å². The van der Waals surface area contributed by atoms with Crippen molar-refractivity contribution in [2.75, 3.05) is 0 Å². The Hall–Kier alpha value is -3.58. The number of rotatable bonds is 12. The number of amides is 1. The molecule has 0 aliphatic heterocycles. The molecule has 200 valence electrons. The maximum absolute atomic E-state index is 10.9. The molecule has 0 unspecified atom stereocenters. The highest BCUT2D eigenvalue weighted by molar-refractivity contribution is 6.31. The molecular formula is C30H36ClN5O2. The third-order valence-corrected chi connectivity index (χ3v) is 6.27. The first-order valence-corrected chi connectivity index (χ1v) is 13.1. The number of aromatic nitrogens is 3. The summed E-state index contributed by atoms with van der Waals surface area (Å²) in [5, 5.41) is 2.97. The number of hydrogen-bond acceptors (Lipinski definition) is 6. The van der Waals surface area contributed by atoms with Crippen LogP contribution in [-0.2, 0) is 16.1 Å². The Labute approximate surface area is 230 Å². The third-order valence-electron chi connectivity index (χ3n) is 5.98. The normalized spacial score (nSPS) is 15.1. The van der Waals surface area contributed by atoms with Crippen LogP contribution in [0.25, 0.3) is 5.70 Å². The Morgan fingerprint density at radius 3 is 2.61 bits per heavy atom. The second-order valence-corrected chi connectivity index (χ2v) is 10.3. The molecule has 1 aliphatic carbocycles. The van der Waals surface area contributed by atoms with Crippen molar-refractivity contribution in [1.29, 1.82) is 0 Å². The lowest BCUT2D eigenvalue weighted by Gasteiger charge is -2.12. The van der Waals surface area contributed by atoms with E-state index in [1.54, 1.807) is 31.5 Å². The Balaban J connectivity index is 1.84. The van der Waals surface area contributed by atoms with E-state index in [4.69, 9.17) is 21.3 Å². The highest BCUT2D eigenvalue weighted by atomic mass is 35.5. The lowest BCUT2D eigenvalue weighted by Crippen LogP contribution is -2.08. The van der Waals surface area contributed by atoms with Crippen LogP contribution in [-0.4, -0.2) is 27.6 Å². The van der Waals surface area contributed by atoms with Crippen LogP contribution in [0.2, 0.25) is 0 Å². The van der Waals surface area contributed by atoms with E-state index in [9.17, 15) is 4.79 Å². The number of hydrogen-bond donors (Lipinski definition) is 1. The number of halogens is 1. The number of allylic oxidation sites excluding steroid dienone is 5. The van der Waals surface area contributed by atoms with E-state index < -0.39 is 0 Å². The standard InChI is InChI=1S/C30H36ClN5O2/c1-18(2)30-34-15-25(24-8-9-24)29(36-30)23(7)32-13-20(4)11-26(31)28(12-22(6)35-17-37)38-16-27-21(5)10-19(3)14-33-27/h10-15,17-18,24H,7-9,16H2,1-6H3,(H,35,37)/b20-11+,22-12-,28-26-,32-13?. The predicted octanol–water partition coefficient (Wildman–Crippen LogP) is 6.79. The molecule has 1 amide bonds. The molecule has 2 aromatic rings. The molecule has 38 heavy (non-hydrogen) atoms. The Morgan fingerprint density at radius 2 is 1.97 bits per heavy atom. The molecule has 0 atom stereocenters. The fraction of sp³-hybridized carbons (Fsp3) is 0.367. The summed E-state index contributed by atoms with van der Waals surface area (Å²) >= 11 is 6.67. The number of carbonyl (C=O) groups is 1. The molecule has 0 radical (unpaired) electrons. The molecule has 1 saturated carbocycles. The molecule has 7 nitrogen and oxygen atoms in total. The number of aryl methyl sites for hydroxylation is 2. The number of ether oxygens (including phenoxy) is 1. The predicted molar refractivity (Wildman–Crippen MR) is 154 cm³/mol. The van der Waals surface area contributed by atoms with Gasteiger partial charge in [0.05, 0.1) is 22.1 Å². The molecule has 8 heteroatoms. The van der Waals surface area contributed by atoms with Gasteiger partial charge in [0, 0.05) is 41.9 Å². The fourth-order valence-corrected chi connectivity index (χ4v) is 3.99. The van der Waals surface area contributed by atoms with Crippen molar-refractivity contribution in [1.82, 2.24) is 20.3 Å². The summed E-state index contributed by atoms with van der Waals surface area (Å²) in [6.45, 7) is 16.2. The van der Waals surface area contributed by atoms with Gasteiger partial charge in [0.2, 0.25) is 6.41 Å². The maximum atomic E-state index is 10.9. The molecule has 1 fully saturated rings. The van der Waals surface area contributed by atoms with Crippen LogP contribution in [0.15, 0.2) is 64.2 Å². The number of pyridine rings is 1. The first-order chi connectivity index (χ1) is 18.1. The minimum absolute atomic E-state index is 0.215. The molecule has 0 spiro atoms. The Kier molecular flexibility index (Phi) is 10.1. The molecule has 1 aliphatic rings. The van der Waals surface area contributed by atoms with Crippen LogP contribution in [0.4, 0.5) is 0 Å². The quantitative estimate of drug-likeness (QED) is 0.140. The van der Waals surface area contributed by atoms with E-state index in [-0.39, 0.29) is 12.5 Å². The van der Waals surface area contributed by atoms with E-state index in [0.717, 1.165) is 52.3 Å². The van der Waals surface area contributed by atoms with E-state index in [0.29, 0.717) is 34.5 Å².